The van der Waals surface area contributed by atoms with Crippen molar-refractivity contribution < 1.29 is 9.13 Å². The summed E-state index contributed by atoms with van der Waals surface area (Å²) in [5.41, 5.74) is 3.98. The van der Waals surface area contributed by atoms with E-state index in [1.165, 1.54) is 6.07 Å². The molecule has 2 rings (SSSR count). The van der Waals surface area contributed by atoms with Gasteiger partial charge in [-0.2, -0.15) is 0 Å². The van der Waals surface area contributed by atoms with Crippen molar-refractivity contribution >= 4 is 27.5 Å². The number of nitrogens with two attached hydrogens (primary N) is 1. The third-order valence-corrected chi connectivity index (χ3v) is 3.93. The number of hydrazine groups is 1. The zero-order chi connectivity index (χ0) is 15.4. The van der Waals surface area contributed by atoms with Crippen LogP contribution in [0.3, 0.4) is 0 Å². The van der Waals surface area contributed by atoms with Gasteiger partial charge in [0.1, 0.15) is 11.6 Å². The van der Waals surface area contributed by atoms with E-state index in [2.05, 4.69) is 21.4 Å². The van der Waals surface area contributed by atoms with Gasteiger partial charge >= 0.3 is 0 Å². The molecule has 3 nitrogen and oxygen atoms in total. The van der Waals surface area contributed by atoms with Gasteiger partial charge in [0.25, 0.3) is 0 Å². The highest BCUT2D eigenvalue weighted by atomic mass is 79.9. The Morgan fingerprint density at radius 2 is 2.10 bits per heavy atom. The van der Waals surface area contributed by atoms with E-state index < -0.39 is 6.04 Å². The van der Waals surface area contributed by atoms with Crippen LogP contribution < -0.4 is 16.0 Å². The standard InChI is InChI=1S/C15H15BrClFN2O/c1-21-15-5-3-11(17)6-9(15)7-14(20-19)12-8-10(16)2-4-13(12)18/h2-6,8,14,20H,7,19H2,1H3. The molecular weight excluding hydrogens is 359 g/mol. The number of benzene rings is 2. The van der Waals surface area contributed by atoms with Crippen molar-refractivity contribution in [2.75, 3.05) is 7.11 Å². The minimum atomic E-state index is -0.394. The number of hydrogen-bond acceptors (Lipinski definition) is 3. The third-order valence-electron chi connectivity index (χ3n) is 3.20. The molecule has 0 bridgehead atoms. The first-order valence-electron chi connectivity index (χ1n) is 6.28. The normalized spacial score (nSPS) is 12.2. The summed E-state index contributed by atoms with van der Waals surface area (Å²) in [5, 5.41) is 0.594. The molecule has 21 heavy (non-hydrogen) atoms. The molecule has 112 valence electrons. The SMILES string of the molecule is COc1ccc(Cl)cc1CC(NN)c1cc(Br)ccc1F. The van der Waals surface area contributed by atoms with Gasteiger partial charge in [-0.05, 0) is 48.4 Å². The van der Waals surface area contributed by atoms with Gasteiger partial charge in [0.15, 0.2) is 0 Å². The maximum Gasteiger partial charge on any atom is 0.128 e. The van der Waals surface area contributed by atoms with Crippen LogP contribution in [0.2, 0.25) is 5.02 Å². The van der Waals surface area contributed by atoms with Crippen LogP contribution >= 0.6 is 27.5 Å². The summed E-state index contributed by atoms with van der Waals surface area (Å²) >= 11 is 9.35. The molecule has 1 unspecified atom stereocenters. The van der Waals surface area contributed by atoms with E-state index in [1.54, 1.807) is 37.4 Å². The highest BCUT2D eigenvalue weighted by molar-refractivity contribution is 9.10. The fourth-order valence-electron chi connectivity index (χ4n) is 2.17. The fraction of sp³-hybridized carbons (Fsp3) is 0.200. The second kappa shape index (κ2) is 7.22. The van der Waals surface area contributed by atoms with Crippen LogP contribution in [0, 0.1) is 5.82 Å². The summed E-state index contributed by atoms with van der Waals surface area (Å²) in [6, 6.07) is 9.68. The van der Waals surface area contributed by atoms with Gasteiger partial charge in [-0.15, -0.1) is 0 Å². The molecule has 0 aromatic heterocycles. The highest BCUT2D eigenvalue weighted by Crippen LogP contribution is 2.29. The highest BCUT2D eigenvalue weighted by Gasteiger charge is 2.18. The summed E-state index contributed by atoms with van der Waals surface area (Å²) in [6.45, 7) is 0. The third kappa shape index (κ3) is 3.95. The first-order valence-corrected chi connectivity index (χ1v) is 7.45. The quantitative estimate of drug-likeness (QED) is 0.615. The molecule has 1 atom stereocenters. The van der Waals surface area contributed by atoms with E-state index in [1.807, 2.05) is 0 Å². The first kappa shape index (κ1) is 16.2. The molecule has 0 saturated heterocycles. The van der Waals surface area contributed by atoms with Gasteiger partial charge in [-0.1, -0.05) is 27.5 Å². The van der Waals surface area contributed by atoms with Crippen LogP contribution in [0.15, 0.2) is 40.9 Å². The lowest BCUT2D eigenvalue weighted by Crippen LogP contribution is -2.30. The molecule has 0 aliphatic rings. The Bertz CT molecular complexity index is 639. The first-order chi connectivity index (χ1) is 10.0. The number of halogens is 3. The molecule has 2 aromatic rings. The van der Waals surface area contributed by atoms with Crippen LogP contribution in [0.5, 0.6) is 5.75 Å². The summed E-state index contributed by atoms with van der Waals surface area (Å²) < 4.78 is 20.1. The molecule has 0 amide bonds. The van der Waals surface area contributed by atoms with Crippen LogP contribution in [-0.2, 0) is 6.42 Å². The largest absolute Gasteiger partial charge is 0.496 e. The van der Waals surface area contributed by atoms with Crippen molar-refractivity contribution in [3.05, 3.63) is 62.8 Å². The lowest BCUT2D eigenvalue weighted by molar-refractivity contribution is 0.404. The maximum atomic E-state index is 14.0. The van der Waals surface area contributed by atoms with Crippen molar-refractivity contribution in [1.29, 1.82) is 0 Å². The molecule has 0 radical (unpaired) electrons. The summed E-state index contributed by atoms with van der Waals surface area (Å²) in [7, 11) is 1.58. The molecular formula is C15H15BrClFN2O. The van der Waals surface area contributed by atoms with Gasteiger partial charge < -0.3 is 4.74 Å². The predicted octanol–water partition coefficient (Wildman–Crippen LogP) is 4.00. The van der Waals surface area contributed by atoms with E-state index >= 15 is 0 Å². The molecule has 0 aliphatic heterocycles. The smallest absolute Gasteiger partial charge is 0.128 e. The second-order valence-electron chi connectivity index (χ2n) is 4.55. The van der Waals surface area contributed by atoms with Gasteiger partial charge in [-0.3, -0.25) is 11.3 Å². The maximum absolute atomic E-state index is 14.0. The summed E-state index contributed by atoms with van der Waals surface area (Å²) in [6.07, 6.45) is 0.452. The summed E-state index contributed by atoms with van der Waals surface area (Å²) in [5.74, 6) is 5.97. The molecule has 0 spiro atoms. The Hall–Kier alpha value is -1.14. The van der Waals surface area contributed by atoms with E-state index in [0.29, 0.717) is 22.8 Å². The lowest BCUT2D eigenvalue weighted by atomic mass is 9.98. The molecule has 0 aliphatic carbocycles. The number of rotatable bonds is 5. The number of hydrogen-bond donors (Lipinski definition) is 2. The molecule has 0 saturated carbocycles. The Morgan fingerprint density at radius 3 is 2.76 bits per heavy atom. The van der Waals surface area contributed by atoms with Crippen LogP contribution in [-0.4, -0.2) is 7.11 Å². The minimum absolute atomic E-state index is 0.317. The summed E-state index contributed by atoms with van der Waals surface area (Å²) in [4.78, 5) is 0. The topological polar surface area (TPSA) is 47.3 Å². The predicted molar refractivity (Wildman–Crippen MR) is 85.9 cm³/mol. The van der Waals surface area contributed by atoms with E-state index in [-0.39, 0.29) is 5.82 Å². The number of ether oxygens (including phenoxy) is 1. The Kier molecular flexibility index (Phi) is 5.58. The second-order valence-corrected chi connectivity index (χ2v) is 5.90. The van der Waals surface area contributed by atoms with Gasteiger partial charge in [-0.25, -0.2) is 4.39 Å². The number of nitrogens with one attached hydrogen (secondary N) is 1. The van der Waals surface area contributed by atoms with E-state index in [4.69, 9.17) is 22.2 Å². The average Bonchev–Trinajstić information content (AvgIpc) is 2.47. The molecule has 0 heterocycles. The molecule has 6 heteroatoms. The molecule has 0 fully saturated rings. The zero-order valence-electron chi connectivity index (χ0n) is 11.4. The Balaban J connectivity index is 2.35. The van der Waals surface area contributed by atoms with E-state index in [9.17, 15) is 4.39 Å². The number of methoxy groups -OCH3 is 1. The van der Waals surface area contributed by atoms with Crippen LogP contribution in [0.25, 0.3) is 0 Å². The molecule has 3 N–H and O–H groups in total. The van der Waals surface area contributed by atoms with Crippen molar-refractivity contribution in [1.82, 2.24) is 5.43 Å². The van der Waals surface area contributed by atoms with Gasteiger partial charge in [0.05, 0.1) is 13.2 Å². The zero-order valence-corrected chi connectivity index (χ0v) is 13.7. The van der Waals surface area contributed by atoms with Crippen molar-refractivity contribution in [2.24, 2.45) is 5.84 Å². The van der Waals surface area contributed by atoms with Gasteiger partial charge in [0, 0.05) is 15.1 Å². The van der Waals surface area contributed by atoms with Crippen molar-refractivity contribution in [2.45, 2.75) is 12.5 Å². The van der Waals surface area contributed by atoms with Crippen LogP contribution in [0.4, 0.5) is 4.39 Å². The van der Waals surface area contributed by atoms with Gasteiger partial charge in [0.2, 0.25) is 0 Å². The van der Waals surface area contributed by atoms with Crippen LogP contribution in [0.1, 0.15) is 17.2 Å². The van der Waals surface area contributed by atoms with Crippen molar-refractivity contribution in [3.63, 3.8) is 0 Å². The van der Waals surface area contributed by atoms with Crippen molar-refractivity contribution in [3.8, 4) is 5.75 Å². The minimum Gasteiger partial charge on any atom is -0.496 e. The fourth-order valence-corrected chi connectivity index (χ4v) is 2.74. The monoisotopic (exact) mass is 372 g/mol. The Morgan fingerprint density at radius 1 is 1.33 bits per heavy atom. The molecule has 2 aromatic carbocycles. The lowest BCUT2D eigenvalue weighted by Gasteiger charge is -2.19. The van der Waals surface area contributed by atoms with E-state index in [0.717, 1.165) is 10.0 Å². The average molecular weight is 374 g/mol. The Labute approximate surface area is 136 Å².